The van der Waals surface area contributed by atoms with Crippen molar-refractivity contribution in [2.45, 2.75) is 50.2 Å². The quantitative estimate of drug-likeness (QED) is 0.886. The molecular weight excluding hydrogens is 250 g/mol. The molecule has 3 nitrogen and oxygen atoms in total. The number of aryl methyl sites for hydroxylation is 1. The monoisotopic (exact) mass is 275 g/mol. The smallest absolute Gasteiger partial charge is 0.0815 e. The van der Waals surface area contributed by atoms with E-state index in [0.717, 1.165) is 12.8 Å². The molecule has 2 fully saturated rings. The number of ether oxygens (including phenoxy) is 1. The summed E-state index contributed by atoms with van der Waals surface area (Å²) in [6.45, 7) is 4.22. The Bertz CT molecular complexity index is 431. The van der Waals surface area contributed by atoms with Crippen molar-refractivity contribution in [1.29, 1.82) is 0 Å². The van der Waals surface area contributed by atoms with Crippen LogP contribution in [0.15, 0.2) is 24.3 Å². The maximum Gasteiger partial charge on any atom is 0.0815 e. The lowest BCUT2D eigenvalue weighted by Gasteiger charge is -2.40. The molecule has 0 atom stereocenters. The SMILES string of the molecule is Cc1ccc(C2CC(NCC3(O)CCOCC3)C2)cc1. The van der Waals surface area contributed by atoms with Crippen LogP contribution in [-0.2, 0) is 4.74 Å². The summed E-state index contributed by atoms with van der Waals surface area (Å²) in [7, 11) is 0. The van der Waals surface area contributed by atoms with Crippen LogP contribution in [0.1, 0.15) is 42.7 Å². The van der Waals surface area contributed by atoms with Crippen molar-refractivity contribution < 1.29 is 9.84 Å². The van der Waals surface area contributed by atoms with Crippen molar-refractivity contribution in [2.24, 2.45) is 0 Å². The average molecular weight is 275 g/mol. The zero-order valence-corrected chi connectivity index (χ0v) is 12.3. The second kappa shape index (κ2) is 5.84. The molecule has 1 saturated heterocycles. The highest BCUT2D eigenvalue weighted by Crippen LogP contribution is 2.37. The lowest BCUT2D eigenvalue weighted by Crippen LogP contribution is -2.50. The van der Waals surface area contributed by atoms with Gasteiger partial charge in [-0.25, -0.2) is 0 Å². The van der Waals surface area contributed by atoms with E-state index in [2.05, 4.69) is 36.5 Å². The third kappa shape index (κ3) is 3.22. The van der Waals surface area contributed by atoms with Crippen LogP contribution in [0.4, 0.5) is 0 Å². The highest BCUT2D eigenvalue weighted by atomic mass is 16.5. The Morgan fingerprint density at radius 3 is 2.50 bits per heavy atom. The molecule has 2 N–H and O–H groups in total. The average Bonchev–Trinajstić information content (AvgIpc) is 2.40. The van der Waals surface area contributed by atoms with Gasteiger partial charge in [0.1, 0.15) is 0 Å². The zero-order valence-electron chi connectivity index (χ0n) is 12.3. The molecule has 1 saturated carbocycles. The van der Waals surface area contributed by atoms with E-state index in [1.54, 1.807) is 0 Å². The molecule has 1 aromatic carbocycles. The predicted molar refractivity (Wildman–Crippen MR) is 79.9 cm³/mol. The van der Waals surface area contributed by atoms with Gasteiger partial charge >= 0.3 is 0 Å². The summed E-state index contributed by atoms with van der Waals surface area (Å²) < 4.78 is 5.31. The molecule has 1 heterocycles. The number of benzene rings is 1. The van der Waals surface area contributed by atoms with Gasteiger partial charge in [-0.05, 0) is 31.2 Å². The zero-order chi connectivity index (χ0) is 14.0. The highest BCUT2D eigenvalue weighted by Gasteiger charge is 2.34. The number of nitrogens with one attached hydrogen (secondary N) is 1. The number of aliphatic hydroxyl groups is 1. The third-order valence-corrected chi connectivity index (χ3v) is 4.83. The molecule has 110 valence electrons. The van der Waals surface area contributed by atoms with Gasteiger partial charge in [0.05, 0.1) is 5.60 Å². The summed E-state index contributed by atoms with van der Waals surface area (Å²) in [4.78, 5) is 0. The molecule has 0 amide bonds. The van der Waals surface area contributed by atoms with Crippen LogP contribution in [0.2, 0.25) is 0 Å². The van der Waals surface area contributed by atoms with E-state index < -0.39 is 5.60 Å². The Balaban J connectivity index is 1.43. The first-order valence-electron chi connectivity index (χ1n) is 7.75. The minimum atomic E-state index is -0.548. The standard InChI is InChI=1S/C17H25NO2/c1-13-2-4-14(5-3-13)15-10-16(11-15)18-12-17(19)6-8-20-9-7-17/h2-5,15-16,18-19H,6-12H2,1H3. The van der Waals surface area contributed by atoms with E-state index in [1.165, 1.54) is 24.0 Å². The Morgan fingerprint density at radius 2 is 1.85 bits per heavy atom. The Kier molecular flexibility index (Phi) is 4.11. The molecule has 1 aliphatic heterocycles. The predicted octanol–water partition coefficient (Wildman–Crippen LogP) is 2.37. The van der Waals surface area contributed by atoms with Crippen molar-refractivity contribution in [2.75, 3.05) is 19.8 Å². The summed E-state index contributed by atoms with van der Waals surface area (Å²) in [5.41, 5.74) is 2.23. The third-order valence-electron chi connectivity index (χ3n) is 4.83. The maximum absolute atomic E-state index is 10.4. The fourth-order valence-corrected chi connectivity index (χ4v) is 3.16. The molecule has 3 heteroatoms. The minimum Gasteiger partial charge on any atom is -0.388 e. The van der Waals surface area contributed by atoms with E-state index in [1.807, 2.05) is 0 Å². The summed E-state index contributed by atoms with van der Waals surface area (Å²) in [6.07, 6.45) is 3.90. The van der Waals surface area contributed by atoms with Crippen LogP contribution in [0.5, 0.6) is 0 Å². The van der Waals surface area contributed by atoms with Crippen molar-refractivity contribution in [3.05, 3.63) is 35.4 Å². The Hall–Kier alpha value is -0.900. The molecular formula is C17H25NO2. The van der Waals surface area contributed by atoms with Crippen molar-refractivity contribution in [3.8, 4) is 0 Å². The largest absolute Gasteiger partial charge is 0.388 e. The summed E-state index contributed by atoms with van der Waals surface area (Å²) in [5.74, 6) is 0.692. The van der Waals surface area contributed by atoms with Gasteiger partial charge in [-0.1, -0.05) is 29.8 Å². The van der Waals surface area contributed by atoms with Crippen LogP contribution >= 0.6 is 0 Å². The van der Waals surface area contributed by atoms with Crippen LogP contribution in [0, 0.1) is 6.92 Å². The lowest BCUT2D eigenvalue weighted by molar-refractivity contribution is -0.0640. The summed E-state index contributed by atoms with van der Waals surface area (Å²) in [5, 5.41) is 13.9. The van der Waals surface area contributed by atoms with Gasteiger partial charge in [-0.2, -0.15) is 0 Å². The van der Waals surface area contributed by atoms with Gasteiger partial charge in [0, 0.05) is 38.6 Å². The molecule has 1 aliphatic carbocycles. The van der Waals surface area contributed by atoms with E-state index in [9.17, 15) is 5.11 Å². The van der Waals surface area contributed by atoms with E-state index in [0.29, 0.717) is 31.7 Å². The van der Waals surface area contributed by atoms with Crippen molar-refractivity contribution >= 4 is 0 Å². The number of hydrogen-bond donors (Lipinski definition) is 2. The van der Waals surface area contributed by atoms with Crippen LogP contribution in [-0.4, -0.2) is 36.5 Å². The number of rotatable bonds is 4. The molecule has 0 radical (unpaired) electrons. The van der Waals surface area contributed by atoms with Gasteiger partial charge in [0.2, 0.25) is 0 Å². The van der Waals surface area contributed by atoms with Crippen LogP contribution in [0.25, 0.3) is 0 Å². The molecule has 2 aliphatic rings. The summed E-state index contributed by atoms with van der Waals surface area (Å²) in [6, 6.07) is 9.46. The first-order valence-corrected chi connectivity index (χ1v) is 7.75. The normalized spacial score (nSPS) is 28.9. The van der Waals surface area contributed by atoms with E-state index in [4.69, 9.17) is 4.74 Å². The molecule has 0 spiro atoms. The van der Waals surface area contributed by atoms with Crippen molar-refractivity contribution in [3.63, 3.8) is 0 Å². The van der Waals surface area contributed by atoms with Crippen LogP contribution < -0.4 is 5.32 Å². The maximum atomic E-state index is 10.4. The minimum absolute atomic E-state index is 0.548. The van der Waals surface area contributed by atoms with Crippen molar-refractivity contribution in [1.82, 2.24) is 5.32 Å². The molecule has 20 heavy (non-hydrogen) atoms. The fourth-order valence-electron chi connectivity index (χ4n) is 3.16. The molecule has 1 aromatic rings. The van der Waals surface area contributed by atoms with E-state index in [-0.39, 0.29) is 0 Å². The topological polar surface area (TPSA) is 41.5 Å². The van der Waals surface area contributed by atoms with Gasteiger partial charge < -0.3 is 15.2 Å². The van der Waals surface area contributed by atoms with E-state index >= 15 is 0 Å². The Labute approximate surface area is 121 Å². The van der Waals surface area contributed by atoms with Gasteiger partial charge in [-0.15, -0.1) is 0 Å². The first kappa shape index (κ1) is 14.1. The Morgan fingerprint density at radius 1 is 1.20 bits per heavy atom. The first-order chi connectivity index (χ1) is 9.65. The molecule has 3 rings (SSSR count). The fraction of sp³-hybridized carbons (Fsp3) is 0.647. The van der Waals surface area contributed by atoms with Gasteiger partial charge in [0.25, 0.3) is 0 Å². The lowest BCUT2D eigenvalue weighted by atomic mass is 9.75. The molecule has 0 unspecified atom stereocenters. The van der Waals surface area contributed by atoms with Crippen LogP contribution in [0.3, 0.4) is 0 Å². The molecule has 0 bridgehead atoms. The van der Waals surface area contributed by atoms with Gasteiger partial charge in [-0.3, -0.25) is 0 Å². The van der Waals surface area contributed by atoms with Gasteiger partial charge in [0.15, 0.2) is 0 Å². The second-order valence-corrected chi connectivity index (χ2v) is 6.49. The summed E-state index contributed by atoms with van der Waals surface area (Å²) >= 11 is 0. The number of hydrogen-bond acceptors (Lipinski definition) is 3. The second-order valence-electron chi connectivity index (χ2n) is 6.49. The molecule has 0 aromatic heterocycles. The highest BCUT2D eigenvalue weighted by molar-refractivity contribution is 5.26.